The first kappa shape index (κ1) is 16.0. The SMILES string of the molecule is CCCNC(CCC(C)(C)OC)C1(C)CCCC1. The van der Waals surface area contributed by atoms with E-state index in [-0.39, 0.29) is 5.60 Å². The van der Waals surface area contributed by atoms with Gasteiger partial charge in [0.15, 0.2) is 0 Å². The molecule has 0 bridgehead atoms. The zero-order valence-corrected chi connectivity index (χ0v) is 13.1. The molecule has 1 unspecified atom stereocenters. The van der Waals surface area contributed by atoms with Crippen molar-refractivity contribution >= 4 is 0 Å². The van der Waals surface area contributed by atoms with E-state index in [1.54, 1.807) is 0 Å². The molecule has 0 heterocycles. The normalized spacial score (nSPS) is 21.2. The lowest BCUT2D eigenvalue weighted by Crippen LogP contribution is -2.43. The lowest BCUT2D eigenvalue weighted by molar-refractivity contribution is 0.00752. The summed E-state index contributed by atoms with van der Waals surface area (Å²) in [5.74, 6) is 0. The van der Waals surface area contributed by atoms with E-state index in [9.17, 15) is 0 Å². The lowest BCUT2D eigenvalue weighted by Gasteiger charge is -2.37. The maximum Gasteiger partial charge on any atom is 0.0623 e. The molecule has 0 spiro atoms. The van der Waals surface area contributed by atoms with Gasteiger partial charge >= 0.3 is 0 Å². The van der Waals surface area contributed by atoms with Gasteiger partial charge in [-0.05, 0) is 57.9 Å². The number of ether oxygens (including phenoxy) is 1. The minimum absolute atomic E-state index is 0.0150. The average Bonchev–Trinajstić information content (AvgIpc) is 2.77. The van der Waals surface area contributed by atoms with Crippen molar-refractivity contribution in [2.24, 2.45) is 5.41 Å². The van der Waals surface area contributed by atoms with Crippen molar-refractivity contribution < 1.29 is 4.74 Å². The molecule has 2 nitrogen and oxygen atoms in total. The third-order valence-electron chi connectivity index (χ3n) is 4.82. The predicted molar refractivity (Wildman–Crippen MR) is 79.0 cm³/mol. The van der Waals surface area contributed by atoms with Crippen molar-refractivity contribution in [2.45, 2.75) is 84.3 Å². The van der Waals surface area contributed by atoms with Crippen molar-refractivity contribution in [3.63, 3.8) is 0 Å². The smallest absolute Gasteiger partial charge is 0.0623 e. The van der Waals surface area contributed by atoms with Crippen LogP contribution >= 0.6 is 0 Å². The zero-order chi connectivity index (χ0) is 13.6. The van der Waals surface area contributed by atoms with Gasteiger partial charge in [-0.2, -0.15) is 0 Å². The van der Waals surface area contributed by atoms with Gasteiger partial charge in [0.25, 0.3) is 0 Å². The molecule has 1 aliphatic carbocycles. The molecule has 1 saturated carbocycles. The van der Waals surface area contributed by atoms with Crippen LogP contribution in [0.5, 0.6) is 0 Å². The molecule has 0 saturated heterocycles. The molecule has 0 aliphatic heterocycles. The third-order valence-corrected chi connectivity index (χ3v) is 4.82. The second-order valence-corrected chi connectivity index (χ2v) is 6.87. The van der Waals surface area contributed by atoms with Crippen LogP contribution in [0.25, 0.3) is 0 Å². The zero-order valence-electron chi connectivity index (χ0n) is 13.1. The molecule has 1 atom stereocenters. The van der Waals surface area contributed by atoms with Crippen LogP contribution in [0, 0.1) is 5.41 Å². The van der Waals surface area contributed by atoms with Crippen LogP contribution in [0.4, 0.5) is 0 Å². The standard InChI is InChI=1S/C16H33NO/c1-6-13-17-14(9-12-15(2,3)18-5)16(4)10-7-8-11-16/h14,17H,6-13H2,1-5H3. The van der Waals surface area contributed by atoms with Crippen molar-refractivity contribution in [3.8, 4) is 0 Å². The highest BCUT2D eigenvalue weighted by molar-refractivity contribution is 4.92. The average molecular weight is 255 g/mol. The van der Waals surface area contributed by atoms with Gasteiger partial charge in [-0.3, -0.25) is 0 Å². The molecule has 1 N–H and O–H groups in total. The molecule has 108 valence electrons. The molecule has 0 aromatic heterocycles. The lowest BCUT2D eigenvalue weighted by atomic mass is 9.77. The maximum atomic E-state index is 5.56. The van der Waals surface area contributed by atoms with Gasteiger partial charge < -0.3 is 10.1 Å². The minimum Gasteiger partial charge on any atom is -0.379 e. The molecule has 18 heavy (non-hydrogen) atoms. The molecule has 1 fully saturated rings. The van der Waals surface area contributed by atoms with Gasteiger partial charge in [-0.25, -0.2) is 0 Å². The summed E-state index contributed by atoms with van der Waals surface area (Å²) in [5, 5.41) is 3.79. The largest absolute Gasteiger partial charge is 0.379 e. The van der Waals surface area contributed by atoms with E-state index in [2.05, 4.69) is 33.0 Å². The number of hydrogen-bond donors (Lipinski definition) is 1. The third kappa shape index (κ3) is 4.55. The van der Waals surface area contributed by atoms with Crippen LogP contribution < -0.4 is 5.32 Å². The fourth-order valence-corrected chi connectivity index (χ4v) is 3.14. The molecular weight excluding hydrogens is 222 g/mol. The molecule has 0 aromatic rings. The predicted octanol–water partition coefficient (Wildman–Crippen LogP) is 4.14. The Hall–Kier alpha value is -0.0800. The second-order valence-electron chi connectivity index (χ2n) is 6.87. The van der Waals surface area contributed by atoms with Crippen molar-refractivity contribution in [1.29, 1.82) is 0 Å². The van der Waals surface area contributed by atoms with Crippen LogP contribution in [0.3, 0.4) is 0 Å². The molecule has 1 aliphatic rings. The molecule has 0 radical (unpaired) electrons. The highest BCUT2D eigenvalue weighted by atomic mass is 16.5. The molecule has 0 amide bonds. The monoisotopic (exact) mass is 255 g/mol. The summed E-state index contributed by atoms with van der Waals surface area (Å²) >= 11 is 0. The van der Waals surface area contributed by atoms with E-state index in [1.807, 2.05) is 7.11 Å². The summed E-state index contributed by atoms with van der Waals surface area (Å²) in [6, 6.07) is 0.661. The number of methoxy groups -OCH3 is 1. The highest BCUT2D eigenvalue weighted by Crippen LogP contribution is 2.42. The van der Waals surface area contributed by atoms with Crippen LogP contribution in [0.2, 0.25) is 0 Å². The Labute approximate surface area is 114 Å². The Morgan fingerprint density at radius 2 is 1.89 bits per heavy atom. The first-order chi connectivity index (χ1) is 8.43. The van der Waals surface area contributed by atoms with Crippen LogP contribution in [0.15, 0.2) is 0 Å². The van der Waals surface area contributed by atoms with E-state index >= 15 is 0 Å². The van der Waals surface area contributed by atoms with E-state index in [4.69, 9.17) is 4.74 Å². The summed E-state index contributed by atoms with van der Waals surface area (Å²) in [6.45, 7) is 10.3. The Balaban J connectivity index is 2.55. The van der Waals surface area contributed by atoms with E-state index in [0.29, 0.717) is 11.5 Å². The van der Waals surface area contributed by atoms with Crippen LogP contribution in [-0.2, 0) is 4.74 Å². The Morgan fingerprint density at radius 1 is 1.28 bits per heavy atom. The van der Waals surface area contributed by atoms with E-state index < -0.39 is 0 Å². The van der Waals surface area contributed by atoms with Gasteiger partial charge in [0, 0.05) is 13.2 Å². The van der Waals surface area contributed by atoms with Crippen molar-refractivity contribution in [3.05, 3.63) is 0 Å². The summed E-state index contributed by atoms with van der Waals surface area (Å²) in [5.41, 5.74) is 0.528. The van der Waals surface area contributed by atoms with E-state index in [0.717, 1.165) is 13.0 Å². The quantitative estimate of drug-likeness (QED) is 0.704. The highest BCUT2D eigenvalue weighted by Gasteiger charge is 2.37. The van der Waals surface area contributed by atoms with Gasteiger partial charge in [-0.1, -0.05) is 26.7 Å². The first-order valence-corrected chi connectivity index (χ1v) is 7.72. The van der Waals surface area contributed by atoms with Crippen molar-refractivity contribution in [2.75, 3.05) is 13.7 Å². The summed E-state index contributed by atoms with van der Waals surface area (Å²) in [7, 11) is 1.83. The fraction of sp³-hybridized carbons (Fsp3) is 1.00. The number of nitrogens with one attached hydrogen (secondary N) is 1. The fourth-order valence-electron chi connectivity index (χ4n) is 3.14. The molecular formula is C16H33NO. The topological polar surface area (TPSA) is 21.3 Å². The summed E-state index contributed by atoms with van der Waals surface area (Å²) < 4.78 is 5.56. The van der Waals surface area contributed by atoms with Gasteiger partial charge in [0.2, 0.25) is 0 Å². The van der Waals surface area contributed by atoms with Gasteiger partial charge in [0.1, 0.15) is 0 Å². The Kier molecular flexibility index (Phi) is 6.13. The maximum absolute atomic E-state index is 5.56. The van der Waals surface area contributed by atoms with Gasteiger partial charge in [-0.15, -0.1) is 0 Å². The van der Waals surface area contributed by atoms with Crippen LogP contribution in [-0.4, -0.2) is 25.3 Å². The Bertz CT molecular complexity index is 231. The second kappa shape index (κ2) is 6.91. The number of hydrogen-bond acceptors (Lipinski definition) is 2. The summed E-state index contributed by atoms with van der Waals surface area (Å²) in [6.07, 6.45) is 9.20. The van der Waals surface area contributed by atoms with E-state index in [1.165, 1.54) is 38.5 Å². The number of rotatable bonds is 8. The summed E-state index contributed by atoms with van der Waals surface area (Å²) in [4.78, 5) is 0. The van der Waals surface area contributed by atoms with Crippen LogP contribution in [0.1, 0.15) is 72.6 Å². The molecule has 0 aromatic carbocycles. The van der Waals surface area contributed by atoms with Gasteiger partial charge in [0.05, 0.1) is 5.60 Å². The molecule has 2 heteroatoms. The Morgan fingerprint density at radius 3 is 2.39 bits per heavy atom. The van der Waals surface area contributed by atoms with Crippen molar-refractivity contribution in [1.82, 2.24) is 5.32 Å². The first-order valence-electron chi connectivity index (χ1n) is 7.72. The molecule has 1 rings (SSSR count). The minimum atomic E-state index is 0.0150.